The standard InChI is InChI=1S/C22H20FN3O/c23-19-12-8-17(9-13-19)5-4-16-6-10-18(11-7-16)22(27)14-2-1-3-20(22)21-24-15-25-26-21/h6-13,15,20,27H,1-3,14H2,(H,24,25,26). The van der Waals surface area contributed by atoms with Crippen LogP contribution in [0, 0.1) is 17.7 Å². The van der Waals surface area contributed by atoms with Crippen molar-refractivity contribution in [3.63, 3.8) is 0 Å². The van der Waals surface area contributed by atoms with Gasteiger partial charge in [-0.15, -0.1) is 0 Å². The first-order valence-corrected chi connectivity index (χ1v) is 9.11. The van der Waals surface area contributed by atoms with Gasteiger partial charge in [0, 0.05) is 11.1 Å². The van der Waals surface area contributed by atoms with Crippen molar-refractivity contribution in [1.29, 1.82) is 0 Å². The molecule has 1 aliphatic rings. The molecule has 0 aliphatic heterocycles. The van der Waals surface area contributed by atoms with E-state index < -0.39 is 5.60 Å². The van der Waals surface area contributed by atoms with Gasteiger partial charge in [0.05, 0.1) is 11.5 Å². The Bertz CT molecular complexity index is 956. The van der Waals surface area contributed by atoms with Gasteiger partial charge in [-0.3, -0.25) is 5.10 Å². The van der Waals surface area contributed by atoms with Crippen molar-refractivity contribution in [3.8, 4) is 11.8 Å². The number of aromatic amines is 1. The SMILES string of the molecule is OC1(c2ccc(C#Cc3ccc(F)cc3)cc2)CCCCC1c1nc[nH]n1. The van der Waals surface area contributed by atoms with Crippen LogP contribution in [-0.4, -0.2) is 20.3 Å². The molecule has 4 rings (SSSR count). The number of nitrogens with one attached hydrogen (secondary N) is 1. The Morgan fingerprint density at radius 3 is 2.30 bits per heavy atom. The van der Waals surface area contributed by atoms with E-state index in [0.717, 1.165) is 36.0 Å². The average molecular weight is 361 g/mol. The minimum atomic E-state index is -0.969. The number of benzene rings is 2. The summed E-state index contributed by atoms with van der Waals surface area (Å²) in [4.78, 5) is 4.27. The van der Waals surface area contributed by atoms with E-state index in [1.807, 2.05) is 24.3 Å². The number of H-pyrrole nitrogens is 1. The molecule has 2 atom stereocenters. The summed E-state index contributed by atoms with van der Waals surface area (Å²) in [6.45, 7) is 0. The minimum absolute atomic E-state index is 0.117. The van der Waals surface area contributed by atoms with E-state index >= 15 is 0 Å². The first-order chi connectivity index (χ1) is 13.1. The third kappa shape index (κ3) is 3.62. The molecule has 1 fully saturated rings. The van der Waals surface area contributed by atoms with Crippen molar-refractivity contribution in [2.24, 2.45) is 0 Å². The van der Waals surface area contributed by atoms with Crippen molar-refractivity contribution in [2.45, 2.75) is 37.2 Å². The number of rotatable bonds is 2. The minimum Gasteiger partial charge on any atom is -0.384 e. The van der Waals surface area contributed by atoms with Crippen LogP contribution in [0.1, 0.15) is 54.1 Å². The Balaban J connectivity index is 1.58. The second-order valence-electron chi connectivity index (χ2n) is 6.91. The molecule has 2 N–H and O–H groups in total. The molecule has 0 amide bonds. The van der Waals surface area contributed by atoms with Gasteiger partial charge >= 0.3 is 0 Å². The largest absolute Gasteiger partial charge is 0.384 e. The Morgan fingerprint density at radius 2 is 1.67 bits per heavy atom. The van der Waals surface area contributed by atoms with Gasteiger partial charge in [0.2, 0.25) is 0 Å². The maximum absolute atomic E-state index is 13.0. The maximum atomic E-state index is 13.0. The summed E-state index contributed by atoms with van der Waals surface area (Å²) in [5.74, 6) is 6.38. The lowest BCUT2D eigenvalue weighted by Gasteiger charge is -2.39. The molecule has 27 heavy (non-hydrogen) atoms. The van der Waals surface area contributed by atoms with Gasteiger partial charge < -0.3 is 5.11 Å². The molecule has 1 aromatic heterocycles. The monoisotopic (exact) mass is 361 g/mol. The van der Waals surface area contributed by atoms with Crippen LogP contribution in [0.2, 0.25) is 0 Å². The summed E-state index contributed by atoms with van der Waals surface area (Å²) in [6.07, 6.45) is 5.14. The number of halogens is 1. The molecular weight excluding hydrogens is 341 g/mol. The summed E-state index contributed by atoms with van der Waals surface area (Å²) in [5, 5.41) is 18.4. The van der Waals surface area contributed by atoms with Crippen LogP contribution in [0.25, 0.3) is 0 Å². The lowest BCUT2D eigenvalue weighted by molar-refractivity contribution is -0.0250. The number of hydrogen-bond acceptors (Lipinski definition) is 3. The van der Waals surface area contributed by atoms with Crippen molar-refractivity contribution >= 4 is 0 Å². The van der Waals surface area contributed by atoms with Gasteiger partial charge in [0.25, 0.3) is 0 Å². The lowest BCUT2D eigenvalue weighted by Crippen LogP contribution is -2.37. The van der Waals surface area contributed by atoms with E-state index in [9.17, 15) is 9.50 Å². The Labute approximate surface area is 157 Å². The third-order valence-electron chi connectivity index (χ3n) is 5.20. The van der Waals surface area contributed by atoms with Gasteiger partial charge in [0.15, 0.2) is 5.82 Å². The van der Waals surface area contributed by atoms with Gasteiger partial charge in [-0.1, -0.05) is 36.8 Å². The molecule has 0 radical (unpaired) electrons. The highest BCUT2D eigenvalue weighted by atomic mass is 19.1. The first kappa shape index (κ1) is 17.4. The van der Waals surface area contributed by atoms with Crippen molar-refractivity contribution in [3.05, 3.63) is 83.2 Å². The Kier molecular flexibility index (Phi) is 4.74. The van der Waals surface area contributed by atoms with Crippen LogP contribution in [0.4, 0.5) is 4.39 Å². The summed E-state index contributed by atoms with van der Waals surface area (Å²) in [7, 11) is 0. The second kappa shape index (κ2) is 7.34. The maximum Gasteiger partial charge on any atom is 0.156 e. The highest BCUT2D eigenvalue weighted by Crippen LogP contribution is 2.46. The molecule has 1 heterocycles. The predicted octanol–water partition coefficient (Wildman–Crippen LogP) is 3.89. The highest BCUT2D eigenvalue weighted by Gasteiger charge is 2.43. The lowest BCUT2D eigenvalue weighted by atomic mass is 9.71. The van der Waals surface area contributed by atoms with E-state index in [4.69, 9.17) is 0 Å². The van der Waals surface area contributed by atoms with Crippen LogP contribution in [0.5, 0.6) is 0 Å². The molecule has 0 saturated heterocycles. The summed E-state index contributed by atoms with van der Waals surface area (Å²) >= 11 is 0. The fourth-order valence-corrected chi connectivity index (χ4v) is 3.75. The van der Waals surface area contributed by atoms with E-state index in [-0.39, 0.29) is 11.7 Å². The van der Waals surface area contributed by atoms with E-state index in [1.54, 1.807) is 18.5 Å². The van der Waals surface area contributed by atoms with E-state index in [2.05, 4.69) is 27.0 Å². The molecule has 0 spiro atoms. The zero-order valence-corrected chi connectivity index (χ0v) is 14.8. The molecule has 1 saturated carbocycles. The van der Waals surface area contributed by atoms with E-state index in [1.165, 1.54) is 12.1 Å². The molecule has 2 unspecified atom stereocenters. The highest BCUT2D eigenvalue weighted by molar-refractivity contribution is 5.44. The number of aromatic nitrogens is 3. The normalized spacial score (nSPS) is 22.1. The van der Waals surface area contributed by atoms with Crippen LogP contribution >= 0.6 is 0 Å². The van der Waals surface area contributed by atoms with Crippen molar-refractivity contribution < 1.29 is 9.50 Å². The smallest absolute Gasteiger partial charge is 0.156 e. The van der Waals surface area contributed by atoms with Gasteiger partial charge in [-0.2, -0.15) is 5.10 Å². The number of hydrogen-bond donors (Lipinski definition) is 2. The average Bonchev–Trinajstić information content (AvgIpc) is 3.23. The summed E-state index contributed by atoms with van der Waals surface area (Å²) in [6, 6.07) is 13.8. The Hall–Kier alpha value is -2.97. The quantitative estimate of drug-likeness (QED) is 0.681. The van der Waals surface area contributed by atoms with Gasteiger partial charge in [-0.25, -0.2) is 9.37 Å². The predicted molar refractivity (Wildman–Crippen MR) is 100 cm³/mol. The molecule has 5 heteroatoms. The van der Waals surface area contributed by atoms with Crippen LogP contribution in [0.15, 0.2) is 54.9 Å². The van der Waals surface area contributed by atoms with Crippen LogP contribution in [-0.2, 0) is 5.60 Å². The molecule has 2 aromatic carbocycles. The van der Waals surface area contributed by atoms with Crippen LogP contribution < -0.4 is 0 Å². The van der Waals surface area contributed by atoms with Crippen molar-refractivity contribution in [2.75, 3.05) is 0 Å². The van der Waals surface area contributed by atoms with Gasteiger partial charge in [0.1, 0.15) is 12.1 Å². The summed E-state index contributed by atoms with van der Waals surface area (Å²) < 4.78 is 13.0. The van der Waals surface area contributed by atoms with E-state index in [0.29, 0.717) is 12.2 Å². The third-order valence-corrected chi connectivity index (χ3v) is 5.20. The molecule has 3 aromatic rings. The number of aliphatic hydroxyl groups is 1. The zero-order chi connectivity index (χ0) is 18.7. The number of nitrogens with zero attached hydrogens (tertiary/aromatic N) is 2. The van der Waals surface area contributed by atoms with Gasteiger partial charge in [-0.05, 0) is 54.8 Å². The fraction of sp³-hybridized carbons (Fsp3) is 0.273. The van der Waals surface area contributed by atoms with Crippen LogP contribution in [0.3, 0.4) is 0 Å². The fourth-order valence-electron chi connectivity index (χ4n) is 3.75. The summed E-state index contributed by atoms with van der Waals surface area (Å²) in [5.41, 5.74) is 1.50. The Morgan fingerprint density at radius 1 is 1.00 bits per heavy atom. The first-order valence-electron chi connectivity index (χ1n) is 9.11. The molecule has 136 valence electrons. The second-order valence-corrected chi connectivity index (χ2v) is 6.91. The molecule has 1 aliphatic carbocycles. The zero-order valence-electron chi connectivity index (χ0n) is 14.8. The van der Waals surface area contributed by atoms with Crippen molar-refractivity contribution in [1.82, 2.24) is 15.2 Å². The molecular formula is C22H20FN3O. The molecule has 0 bridgehead atoms. The molecule has 4 nitrogen and oxygen atoms in total. The topological polar surface area (TPSA) is 61.8 Å².